The number of carbonyl (C=O) groups excluding carboxylic acids is 1. The molecule has 29 heavy (non-hydrogen) atoms. The van der Waals surface area contributed by atoms with E-state index in [1.54, 1.807) is 12.4 Å². The molecule has 4 rings (SSSR count). The van der Waals surface area contributed by atoms with Gasteiger partial charge in [0.1, 0.15) is 5.75 Å². The first-order valence-electron chi connectivity index (χ1n) is 10.5. The Morgan fingerprint density at radius 1 is 1.17 bits per heavy atom. The third-order valence-electron chi connectivity index (χ3n) is 4.81. The second-order valence-electron chi connectivity index (χ2n) is 7.18. The highest BCUT2D eigenvalue weighted by atomic mass is 16.5. The van der Waals surface area contributed by atoms with E-state index in [9.17, 15) is 4.79 Å². The number of carbonyl (C=O) groups is 1. The summed E-state index contributed by atoms with van der Waals surface area (Å²) in [6, 6.07) is 8.45. The molecule has 0 atom stereocenters. The molecule has 0 bridgehead atoms. The zero-order valence-corrected chi connectivity index (χ0v) is 17.5. The van der Waals surface area contributed by atoms with Gasteiger partial charge in [-0.25, -0.2) is 9.78 Å². The number of urea groups is 1. The van der Waals surface area contributed by atoms with Crippen molar-refractivity contribution in [2.45, 2.75) is 52.5 Å². The highest BCUT2D eigenvalue weighted by Gasteiger charge is 2.27. The first-order valence-corrected chi connectivity index (χ1v) is 10.5. The summed E-state index contributed by atoms with van der Waals surface area (Å²) in [5.41, 5.74) is 3.31. The van der Waals surface area contributed by atoms with Gasteiger partial charge in [0.15, 0.2) is 0 Å². The van der Waals surface area contributed by atoms with Gasteiger partial charge in [-0.3, -0.25) is 4.98 Å². The second kappa shape index (κ2) is 10.0. The minimum Gasteiger partial charge on any atom is -0.437 e. The van der Waals surface area contributed by atoms with Crippen molar-refractivity contribution in [3.8, 4) is 11.6 Å². The van der Waals surface area contributed by atoms with Gasteiger partial charge in [-0.2, -0.15) is 0 Å². The van der Waals surface area contributed by atoms with Crippen molar-refractivity contribution in [2.75, 3.05) is 13.1 Å². The van der Waals surface area contributed by atoms with Crippen molar-refractivity contribution >= 4 is 12.1 Å². The van der Waals surface area contributed by atoms with Gasteiger partial charge < -0.3 is 15.0 Å². The molecule has 2 amide bonds. The van der Waals surface area contributed by atoms with Crippen LogP contribution in [0.4, 0.5) is 4.79 Å². The summed E-state index contributed by atoms with van der Waals surface area (Å²) >= 11 is 0. The largest absolute Gasteiger partial charge is 0.437 e. The number of rotatable bonds is 4. The standard InChI is InChI=1S/C21H24N4O2.C2H6/c1-15-13-23-20(14-22-15)27-19-4-2-3-17(12-19)11-16-7-9-25(10-8-16)21(26)24-18-5-6-18;1-2/h2-4,11-14,18H,5-10H2,1H3,(H,24,26);1-2H3. The average Bonchev–Trinajstić information content (AvgIpc) is 3.56. The van der Waals surface area contributed by atoms with E-state index in [1.807, 2.05) is 43.9 Å². The van der Waals surface area contributed by atoms with E-state index in [4.69, 9.17) is 4.74 Å². The van der Waals surface area contributed by atoms with Gasteiger partial charge in [-0.1, -0.05) is 37.6 Å². The molecule has 0 unspecified atom stereocenters. The lowest BCUT2D eigenvalue weighted by Gasteiger charge is -2.28. The molecule has 2 fully saturated rings. The first-order chi connectivity index (χ1) is 14.2. The number of aryl methyl sites for hydroxylation is 1. The Kier molecular flexibility index (Phi) is 7.22. The van der Waals surface area contributed by atoms with Gasteiger partial charge in [0.2, 0.25) is 5.88 Å². The van der Waals surface area contributed by atoms with Crippen LogP contribution in [0.25, 0.3) is 6.08 Å². The van der Waals surface area contributed by atoms with Crippen molar-refractivity contribution in [1.82, 2.24) is 20.2 Å². The molecule has 6 nitrogen and oxygen atoms in total. The highest BCUT2D eigenvalue weighted by molar-refractivity contribution is 5.75. The molecular weight excluding hydrogens is 364 g/mol. The first kappa shape index (κ1) is 20.8. The van der Waals surface area contributed by atoms with Gasteiger partial charge in [0, 0.05) is 19.1 Å². The SMILES string of the molecule is CC.Cc1cnc(Oc2cccc(C=C3CCN(C(=O)NC4CC4)CC3)c2)cn1. The molecule has 1 saturated heterocycles. The monoisotopic (exact) mass is 394 g/mol. The van der Waals surface area contributed by atoms with Crippen LogP contribution in [-0.4, -0.2) is 40.0 Å². The van der Waals surface area contributed by atoms with Crippen molar-refractivity contribution in [3.63, 3.8) is 0 Å². The van der Waals surface area contributed by atoms with E-state index in [1.165, 1.54) is 5.57 Å². The van der Waals surface area contributed by atoms with Gasteiger partial charge in [0.05, 0.1) is 18.1 Å². The van der Waals surface area contributed by atoms with Gasteiger partial charge in [-0.15, -0.1) is 0 Å². The van der Waals surface area contributed by atoms with E-state index in [0.717, 1.165) is 55.8 Å². The van der Waals surface area contributed by atoms with Crippen LogP contribution in [0, 0.1) is 6.92 Å². The molecule has 2 aliphatic rings. The van der Waals surface area contributed by atoms with Crippen LogP contribution in [0.2, 0.25) is 0 Å². The van der Waals surface area contributed by atoms with E-state index in [-0.39, 0.29) is 6.03 Å². The summed E-state index contributed by atoms with van der Waals surface area (Å²) in [5, 5.41) is 3.06. The van der Waals surface area contributed by atoms with Gasteiger partial charge in [-0.05, 0) is 50.3 Å². The summed E-state index contributed by atoms with van der Waals surface area (Å²) in [5.74, 6) is 1.23. The van der Waals surface area contributed by atoms with Crippen LogP contribution < -0.4 is 10.1 Å². The van der Waals surface area contributed by atoms with Crippen molar-refractivity contribution in [1.29, 1.82) is 0 Å². The number of ether oxygens (including phenoxy) is 1. The minimum atomic E-state index is 0.0890. The van der Waals surface area contributed by atoms with E-state index in [2.05, 4.69) is 27.4 Å². The Bertz CT molecular complexity index is 834. The summed E-state index contributed by atoms with van der Waals surface area (Å²) < 4.78 is 5.79. The molecule has 0 radical (unpaired) electrons. The molecule has 6 heteroatoms. The number of hydrogen-bond acceptors (Lipinski definition) is 4. The number of amides is 2. The van der Waals surface area contributed by atoms with Crippen LogP contribution >= 0.6 is 0 Å². The fourth-order valence-corrected chi connectivity index (χ4v) is 3.09. The van der Waals surface area contributed by atoms with E-state index < -0.39 is 0 Å². The summed E-state index contributed by atoms with van der Waals surface area (Å²) in [6.45, 7) is 7.45. The van der Waals surface area contributed by atoms with Gasteiger partial charge >= 0.3 is 6.03 Å². The lowest BCUT2D eigenvalue weighted by molar-refractivity contribution is 0.193. The predicted octanol–water partition coefficient (Wildman–Crippen LogP) is 4.95. The number of likely N-dealkylation sites (tertiary alicyclic amines) is 1. The molecule has 2 heterocycles. The Morgan fingerprint density at radius 2 is 1.93 bits per heavy atom. The molecule has 2 aromatic rings. The third-order valence-corrected chi connectivity index (χ3v) is 4.81. The summed E-state index contributed by atoms with van der Waals surface area (Å²) in [4.78, 5) is 22.5. The molecule has 1 aromatic heterocycles. The lowest BCUT2D eigenvalue weighted by Crippen LogP contribution is -2.43. The van der Waals surface area contributed by atoms with Crippen molar-refractivity contribution < 1.29 is 9.53 Å². The maximum absolute atomic E-state index is 12.1. The number of piperidine rings is 1. The molecule has 154 valence electrons. The van der Waals surface area contributed by atoms with Crippen LogP contribution in [-0.2, 0) is 0 Å². The fraction of sp³-hybridized carbons (Fsp3) is 0.435. The van der Waals surface area contributed by atoms with Crippen LogP contribution in [0.15, 0.2) is 42.2 Å². The van der Waals surface area contributed by atoms with Crippen LogP contribution in [0.3, 0.4) is 0 Å². The predicted molar refractivity (Wildman–Crippen MR) is 115 cm³/mol. The zero-order valence-electron chi connectivity index (χ0n) is 17.5. The summed E-state index contributed by atoms with van der Waals surface area (Å²) in [6.07, 6.45) is 9.58. The third kappa shape index (κ3) is 6.31. The maximum Gasteiger partial charge on any atom is 0.317 e. The van der Waals surface area contributed by atoms with Crippen molar-refractivity contribution in [2.24, 2.45) is 0 Å². The lowest BCUT2D eigenvalue weighted by atomic mass is 10.0. The number of benzene rings is 1. The Morgan fingerprint density at radius 3 is 2.59 bits per heavy atom. The molecule has 1 aromatic carbocycles. The van der Waals surface area contributed by atoms with Crippen molar-refractivity contribution in [3.05, 3.63) is 53.5 Å². The van der Waals surface area contributed by atoms with Crippen LogP contribution in [0.5, 0.6) is 11.6 Å². The molecule has 0 spiro atoms. The molecule has 1 saturated carbocycles. The number of nitrogens with one attached hydrogen (secondary N) is 1. The number of aromatic nitrogens is 2. The molecule has 1 aliphatic heterocycles. The normalized spacial score (nSPS) is 15.8. The van der Waals surface area contributed by atoms with E-state index >= 15 is 0 Å². The van der Waals surface area contributed by atoms with Crippen LogP contribution in [0.1, 0.15) is 50.8 Å². The quantitative estimate of drug-likeness (QED) is 0.796. The molecule has 1 N–H and O–H groups in total. The zero-order chi connectivity index (χ0) is 20.6. The van der Waals surface area contributed by atoms with E-state index in [0.29, 0.717) is 11.9 Å². The Labute approximate surface area is 173 Å². The number of hydrogen-bond donors (Lipinski definition) is 1. The Hall–Kier alpha value is -2.89. The minimum absolute atomic E-state index is 0.0890. The summed E-state index contributed by atoms with van der Waals surface area (Å²) in [7, 11) is 0. The average molecular weight is 395 g/mol. The molecular formula is C23H30N4O2. The topological polar surface area (TPSA) is 67.3 Å². The second-order valence-corrected chi connectivity index (χ2v) is 7.18. The highest BCUT2D eigenvalue weighted by Crippen LogP contribution is 2.25. The Balaban J connectivity index is 0.00000117. The molecule has 1 aliphatic carbocycles. The number of nitrogens with zero attached hydrogens (tertiary/aromatic N) is 3. The smallest absolute Gasteiger partial charge is 0.317 e. The van der Waals surface area contributed by atoms with Gasteiger partial charge in [0.25, 0.3) is 0 Å². The maximum atomic E-state index is 12.1. The fourth-order valence-electron chi connectivity index (χ4n) is 3.09.